The summed E-state index contributed by atoms with van der Waals surface area (Å²) in [4.78, 5) is 21.3. The first-order valence-corrected chi connectivity index (χ1v) is 7.60. The van der Waals surface area contributed by atoms with Crippen LogP contribution in [0.1, 0.15) is 13.3 Å². The fourth-order valence-electron chi connectivity index (χ4n) is 1.18. The molecule has 1 N–H and O–H groups in total. The van der Waals surface area contributed by atoms with Gasteiger partial charge in [0.05, 0.1) is 25.7 Å². The lowest BCUT2D eigenvalue weighted by atomic mass is 10.2. The predicted octanol–water partition coefficient (Wildman–Crippen LogP) is 0.628. The molecule has 2 unspecified atom stereocenters. The number of aliphatic hydroxyl groups is 1. The van der Waals surface area contributed by atoms with Crippen LogP contribution in [0.15, 0.2) is 0 Å². The van der Waals surface area contributed by atoms with Crippen molar-refractivity contribution >= 4 is 17.7 Å². The van der Waals surface area contributed by atoms with Crippen molar-refractivity contribution in [2.45, 2.75) is 19.4 Å². The Kier molecular flexibility index (Phi) is 9.19. The molecule has 0 bridgehead atoms. The number of carbonyl (C=O) groups is 1. The van der Waals surface area contributed by atoms with E-state index in [1.165, 1.54) is 0 Å². The minimum atomic E-state index is -0.259. The second-order valence-electron chi connectivity index (χ2n) is 4.28. The molecule has 0 aliphatic carbocycles. The third-order valence-corrected chi connectivity index (χ3v) is 3.67. The molecular weight excluding hydrogens is 272 g/mol. The Morgan fingerprint density at radius 3 is 2.95 bits per heavy atom. The van der Waals surface area contributed by atoms with Gasteiger partial charge in [0.2, 0.25) is 0 Å². The van der Waals surface area contributed by atoms with E-state index < -0.39 is 0 Å². The summed E-state index contributed by atoms with van der Waals surface area (Å²) in [6.07, 6.45) is 1.09. The molecule has 1 rings (SSSR count). The van der Waals surface area contributed by atoms with E-state index in [0.717, 1.165) is 18.8 Å². The quantitative estimate of drug-likeness (QED) is 0.186. The van der Waals surface area contributed by atoms with Gasteiger partial charge in [-0.1, -0.05) is 6.92 Å². The van der Waals surface area contributed by atoms with E-state index in [9.17, 15) is 4.79 Å². The third kappa shape index (κ3) is 9.23. The fourth-order valence-corrected chi connectivity index (χ4v) is 2.16. The average Bonchev–Trinajstić information content (AvgIpc) is 3.22. The number of hydrogen-bond donors (Lipinski definition) is 1. The highest BCUT2D eigenvalue weighted by molar-refractivity contribution is 7.99. The van der Waals surface area contributed by atoms with Crippen molar-refractivity contribution in [1.29, 1.82) is 0 Å². The number of rotatable bonds is 12. The SMILES string of the molecule is CC(CSCCCOOCC1CO1)C(=O)OCCO. The second kappa shape index (κ2) is 10.4. The standard InChI is InChI=1S/C12H22O6S/c1-10(12(14)15-5-3-13)9-19-6-2-4-17-18-8-11-7-16-11/h10-11,13H,2-9H2,1H3. The number of ether oxygens (including phenoxy) is 2. The summed E-state index contributed by atoms with van der Waals surface area (Å²) in [5, 5.41) is 8.54. The molecule has 0 spiro atoms. The van der Waals surface area contributed by atoms with Crippen molar-refractivity contribution in [2.24, 2.45) is 5.92 Å². The van der Waals surface area contributed by atoms with Crippen LogP contribution < -0.4 is 0 Å². The Morgan fingerprint density at radius 1 is 1.47 bits per heavy atom. The highest BCUT2D eigenvalue weighted by Gasteiger charge is 2.22. The monoisotopic (exact) mass is 294 g/mol. The number of thioether (sulfide) groups is 1. The van der Waals surface area contributed by atoms with Gasteiger partial charge in [-0.25, -0.2) is 9.78 Å². The van der Waals surface area contributed by atoms with E-state index in [4.69, 9.17) is 24.4 Å². The maximum atomic E-state index is 11.4. The van der Waals surface area contributed by atoms with Crippen LogP contribution in [-0.2, 0) is 24.0 Å². The fraction of sp³-hybridized carbons (Fsp3) is 0.917. The van der Waals surface area contributed by atoms with Crippen LogP contribution in [0.5, 0.6) is 0 Å². The molecular formula is C12H22O6S. The van der Waals surface area contributed by atoms with E-state index >= 15 is 0 Å². The highest BCUT2D eigenvalue weighted by Crippen LogP contribution is 2.12. The molecule has 1 saturated heterocycles. The number of aliphatic hydroxyl groups excluding tert-OH is 1. The van der Waals surface area contributed by atoms with Gasteiger partial charge in [0.25, 0.3) is 0 Å². The van der Waals surface area contributed by atoms with Gasteiger partial charge in [0.15, 0.2) is 0 Å². The normalized spacial score (nSPS) is 19.2. The van der Waals surface area contributed by atoms with Crippen molar-refractivity contribution in [3.8, 4) is 0 Å². The van der Waals surface area contributed by atoms with E-state index in [1.807, 2.05) is 6.92 Å². The van der Waals surface area contributed by atoms with Gasteiger partial charge >= 0.3 is 5.97 Å². The Hall–Kier alpha value is -0.340. The lowest BCUT2D eigenvalue weighted by Gasteiger charge is -2.10. The second-order valence-corrected chi connectivity index (χ2v) is 5.43. The van der Waals surface area contributed by atoms with Crippen LogP contribution in [0.2, 0.25) is 0 Å². The van der Waals surface area contributed by atoms with Crippen molar-refractivity contribution < 1.29 is 29.1 Å². The van der Waals surface area contributed by atoms with Gasteiger partial charge in [-0.05, 0) is 12.2 Å². The summed E-state index contributed by atoms with van der Waals surface area (Å²) < 4.78 is 9.79. The lowest BCUT2D eigenvalue weighted by molar-refractivity contribution is -0.295. The van der Waals surface area contributed by atoms with E-state index in [1.54, 1.807) is 11.8 Å². The molecule has 0 aromatic carbocycles. The van der Waals surface area contributed by atoms with Crippen molar-refractivity contribution in [2.75, 3.05) is 44.5 Å². The molecule has 7 heteroatoms. The van der Waals surface area contributed by atoms with Crippen molar-refractivity contribution in [1.82, 2.24) is 0 Å². The average molecular weight is 294 g/mol. The summed E-state index contributed by atoms with van der Waals surface area (Å²) in [6, 6.07) is 0. The molecule has 1 aliphatic rings. The zero-order chi connectivity index (χ0) is 13.9. The summed E-state index contributed by atoms with van der Waals surface area (Å²) in [6.45, 7) is 3.58. The first-order chi connectivity index (χ1) is 9.24. The summed E-state index contributed by atoms with van der Waals surface area (Å²) in [7, 11) is 0. The molecule has 0 aromatic heterocycles. The molecule has 1 aliphatic heterocycles. The van der Waals surface area contributed by atoms with Crippen LogP contribution in [0.3, 0.4) is 0 Å². The molecule has 0 radical (unpaired) electrons. The smallest absolute Gasteiger partial charge is 0.309 e. The Labute approximate surface area is 117 Å². The van der Waals surface area contributed by atoms with Crippen LogP contribution in [0.25, 0.3) is 0 Å². The number of epoxide rings is 1. The Balaban J connectivity index is 1.81. The number of esters is 1. The molecule has 6 nitrogen and oxygen atoms in total. The first kappa shape index (κ1) is 16.7. The Morgan fingerprint density at radius 2 is 2.26 bits per heavy atom. The minimum Gasteiger partial charge on any atom is -0.463 e. The summed E-state index contributed by atoms with van der Waals surface area (Å²) in [5.41, 5.74) is 0. The largest absolute Gasteiger partial charge is 0.463 e. The molecule has 19 heavy (non-hydrogen) atoms. The molecule has 112 valence electrons. The van der Waals surface area contributed by atoms with Crippen LogP contribution in [0.4, 0.5) is 0 Å². The molecule has 2 atom stereocenters. The first-order valence-electron chi connectivity index (χ1n) is 6.45. The highest BCUT2D eigenvalue weighted by atomic mass is 32.2. The lowest BCUT2D eigenvalue weighted by Crippen LogP contribution is -2.18. The van der Waals surface area contributed by atoms with Crippen LogP contribution in [-0.4, -0.2) is 61.7 Å². The van der Waals surface area contributed by atoms with Gasteiger partial charge < -0.3 is 14.6 Å². The molecule has 0 amide bonds. The van der Waals surface area contributed by atoms with Gasteiger partial charge in [-0.15, -0.1) is 0 Å². The van der Waals surface area contributed by atoms with E-state index in [0.29, 0.717) is 19.0 Å². The maximum absolute atomic E-state index is 11.4. The number of carbonyl (C=O) groups excluding carboxylic acids is 1. The zero-order valence-electron chi connectivity index (χ0n) is 11.2. The van der Waals surface area contributed by atoms with Gasteiger partial charge in [0.1, 0.15) is 19.3 Å². The minimum absolute atomic E-state index is 0.0731. The zero-order valence-corrected chi connectivity index (χ0v) is 12.0. The van der Waals surface area contributed by atoms with Crippen molar-refractivity contribution in [3.63, 3.8) is 0 Å². The molecule has 1 heterocycles. The van der Waals surface area contributed by atoms with Crippen LogP contribution >= 0.6 is 11.8 Å². The topological polar surface area (TPSA) is 77.5 Å². The maximum Gasteiger partial charge on any atom is 0.309 e. The summed E-state index contributed by atoms with van der Waals surface area (Å²) >= 11 is 1.68. The molecule has 0 aromatic rings. The van der Waals surface area contributed by atoms with Gasteiger partial charge in [0, 0.05) is 5.75 Å². The Bertz CT molecular complexity index is 246. The van der Waals surface area contributed by atoms with Crippen LogP contribution in [0, 0.1) is 5.92 Å². The summed E-state index contributed by atoms with van der Waals surface area (Å²) in [5.74, 6) is 1.20. The van der Waals surface area contributed by atoms with Crippen molar-refractivity contribution in [3.05, 3.63) is 0 Å². The van der Waals surface area contributed by atoms with E-state index in [-0.39, 0.29) is 31.2 Å². The van der Waals surface area contributed by atoms with E-state index in [2.05, 4.69) is 0 Å². The molecule has 1 fully saturated rings. The van der Waals surface area contributed by atoms with Gasteiger partial charge in [-0.3, -0.25) is 4.79 Å². The number of hydrogen-bond acceptors (Lipinski definition) is 7. The third-order valence-electron chi connectivity index (χ3n) is 2.36. The predicted molar refractivity (Wildman–Crippen MR) is 70.8 cm³/mol. The van der Waals surface area contributed by atoms with Gasteiger partial charge in [-0.2, -0.15) is 11.8 Å². The molecule has 0 saturated carbocycles.